The van der Waals surface area contributed by atoms with Crippen LogP contribution in [-0.4, -0.2) is 55.4 Å². The normalized spacial score (nSPS) is 20.0. The molecule has 3 aromatic rings. The van der Waals surface area contributed by atoms with Crippen molar-refractivity contribution in [1.82, 2.24) is 19.4 Å². The molecule has 0 bridgehead atoms. The molecule has 1 aliphatic heterocycles. The number of halogens is 3. The van der Waals surface area contributed by atoms with Gasteiger partial charge in [-0.05, 0) is 67.2 Å². The molecule has 1 N–H and O–H groups in total. The summed E-state index contributed by atoms with van der Waals surface area (Å²) in [6, 6.07) is 11.7. The van der Waals surface area contributed by atoms with E-state index in [4.69, 9.17) is 4.74 Å². The molecule has 1 saturated heterocycles. The van der Waals surface area contributed by atoms with Crippen LogP contribution in [0.3, 0.4) is 0 Å². The lowest BCUT2D eigenvalue weighted by Crippen LogP contribution is -2.47. The number of nitrogens with one attached hydrogen (secondary N) is 1. The first kappa shape index (κ1) is 25.7. The smallest absolute Gasteiger partial charge is 0.416 e. The molecule has 2 aromatic carbocycles. The van der Waals surface area contributed by atoms with Crippen LogP contribution in [0.1, 0.15) is 34.6 Å². The second-order valence-electron chi connectivity index (χ2n) is 9.63. The highest BCUT2D eigenvalue weighted by atomic mass is 32.2. The maximum Gasteiger partial charge on any atom is 0.416 e. The van der Waals surface area contributed by atoms with Crippen LogP contribution in [-0.2, 0) is 36.1 Å². The van der Waals surface area contributed by atoms with Crippen LogP contribution in [0.5, 0.6) is 5.75 Å². The van der Waals surface area contributed by atoms with Gasteiger partial charge in [0.05, 0.1) is 11.8 Å². The number of benzene rings is 2. The lowest BCUT2D eigenvalue weighted by atomic mass is 9.88. The SMILES string of the molecule is Cn1cc(S(=O)(=O)NCCOc2ccc3c(c2)C(Cc2cccc(C(F)(F)F)c2)C(N2CCC2)C3)cn1. The van der Waals surface area contributed by atoms with Crippen LogP contribution in [0, 0.1) is 0 Å². The molecule has 1 aromatic heterocycles. The highest BCUT2D eigenvalue weighted by Gasteiger charge is 2.39. The minimum Gasteiger partial charge on any atom is -0.492 e. The molecule has 2 atom stereocenters. The Bertz CT molecular complexity index is 1370. The van der Waals surface area contributed by atoms with Gasteiger partial charge >= 0.3 is 6.18 Å². The van der Waals surface area contributed by atoms with E-state index in [-0.39, 0.29) is 30.0 Å². The largest absolute Gasteiger partial charge is 0.492 e. The van der Waals surface area contributed by atoms with E-state index in [9.17, 15) is 21.6 Å². The van der Waals surface area contributed by atoms with Gasteiger partial charge in [0.15, 0.2) is 0 Å². The van der Waals surface area contributed by atoms with Gasteiger partial charge in [0.1, 0.15) is 17.3 Å². The van der Waals surface area contributed by atoms with Crippen molar-refractivity contribution in [3.63, 3.8) is 0 Å². The van der Waals surface area contributed by atoms with Crippen LogP contribution in [0.2, 0.25) is 0 Å². The minimum absolute atomic E-state index is 0.0476. The second kappa shape index (κ2) is 10.1. The molecule has 0 spiro atoms. The zero-order chi connectivity index (χ0) is 26.2. The van der Waals surface area contributed by atoms with Gasteiger partial charge in [-0.25, -0.2) is 13.1 Å². The van der Waals surface area contributed by atoms with Gasteiger partial charge in [0.2, 0.25) is 10.0 Å². The molecule has 37 heavy (non-hydrogen) atoms. The number of ether oxygens (including phenoxy) is 1. The first-order valence-corrected chi connectivity index (χ1v) is 13.7. The lowest BCUT2D eigenvalue weighted by Gasteiger charge is -2.39. The summed E-state index contributed by atoms with van der Waals surface area (Å²) in [5, 5.41) is 3.88. The van der Waals surface area contributed by atoms with E-state index in [1.54, 1.807) is 13.1 Å². The van der Waals surface area contributed by atoms with Crippen molar-refractivity contribution in [2.45, 2.75) is 42.3 Å². The Morgan fingerprint density at radius 2 is 1.97 bits per heavy atom. The predicted octanol–water partition coefficient (Wildman–Crippen LogP) is 3.75. The molecular weight excluding hydrogens is 505 g/mol. The first-order valence-electron chi connectivity index (χ1n) is 12.2. The number of aromatic nitrogens is 2. The standard InChI is InChI=1S/C26H29F3N4O3S/c1-32-17-22(16-30-32)37(34,35)31-8-11-36-21-7-6-19-14-25(33-9-3-10-33)24(23(19)15-21)13-18-4-2-5-20(12-18)26(27,28)29/h2,4-7,12,15-17,24-25,31H,3,8-11,13-14H2,1H3. The monoisotopic (exact) mass is 534 g/mol. The van der Waals surface area contributed by atoms with Crippen molar-refractivity contribution in [2.24, 2.45) is 7.05 Å². The van der Waals surface area contributed by atoms with Crippen molar-refractivity contribution in [3.8, 4) is 5.75 Å². The Morgan fingerprint density at radius 1 is 1.16 bits per heavy atom. The Balaban J connectivity index is 1.29. The molecular formula is C26H29F3N4O3S. The fourth-order valence-electron chi connectivity index (χ4n) is 5.16. The summed E-state index contributed by atoms with van der Waals surface area (Å²) < 4.78 is 74.3. The van der Waals surface area contributed by atoms with Crippen molar-refractivity contribution < 1.29 is 26.3 Å². The Hall–Kier alpha value is -2.89. The van der Waals surface area contributed by atoms with E-state index in [0.717, 1.165) is 37.6 Å². The molecule has 1 aliphatic carbocycles. The Kier molecular flexibility index (Phi) is 7.03. The molecule has 0 radical (unpaired) electrons. The maximum atomic E-state index is 13.3. The van der Waals surface area contributed by atoms with Crippen LogP contribution in [0.15, 0.2) is 59.8 Å². The number of fused-ring (bicyclic) bond motifs is 1. The predicted molar refractivity (Wildman–Crippen MR) is 132 cm³/mol. The summed E-state index contributed by atoms with van der Waals surface area (Å²) in [4.78, 5) is 2.49. The van der Waals surface area contributed by atoms with Gasteiger partial charge in [0, 0.05) is 31.7 Å². The molecule has 11 heteroatoms. The van der Waals surface area contributed by atoms with Crippen molar-refractivity contribution >= 4 is 10.0 Å². The third-order valence-corrected chi connectivity index (χ3v) is 8.55. The highest BCUT2D eigenvalue weighted by molar-refractivity contribution is 7.89. The van der Waals surface area contributed by atoms with Crippen molar-refractivity contribution in [1.29, 1.82) is 0 Å². The summed E-state index contributed by atoms with van der Waals surface area (Å²) in [7, 11) is -2.03. The third kappa shape index (κ3) is 5.68. The van der Waals surface area contributed by atoms with Crippen LogP contribution >= 0.6 is 0 Å². The number of sulfonamides is 1. The maximum absolute atomic E-state index is 13.3. The van der Waals surface area contributed by atoms with Gasteiger partial charge in [-0.1, -0.05) is 24.3 Å². The average molecular weight is 535 g/mol. The van der Waals surface area contributed by atoms with Crippen LogP contribution in [0.4, 0.5) is 13.2 Å². The van der Waals surface area contributed by atoms with Gasteiger partial charge in [-0.3, -0.25) is 9.58 Å². The Labute approximate surface area is 214 Å². The number of alkyl halides is 3. The molecule has 2 unspecified atom stereocenters. The number of hydrogen-bond acceptors (Lipinski definition) is 5. The van der Waals surface area contributed by atoms with Crippen LogP contribution < -0.4 is 9.46 Å². The van der Waals surface area contributed by atoms with E-state index < -0.39 is 21.8 Å². The van der Waals surface area contributed by atoms with Crippen LogP contribution in [0.25, 0.3) is 0 Å². The van der Waals surface area contributed by atoms with E-state index in [1.165, 1.54) is 34.8 Å². The lowest BCUT2D eigenvalue weighted by molar-refractivity contribution is -0.137. The summed E-state index contributed by atoms with van der Waals surface area (Å²) in [5.41, 5.74) is 2.30. The summed E-state index contributed by atoms with van der Waals surface area (Å²) >= 11 is 0. The molecule has 2 heterocycles. The first-order chi connectivity index (χ1) is 17.6. The number of nitrogens with zero attached hydrogens (tertiary/aromatic N) is 3. The van der Waals surface area contributed by atoms with E-state index in [0.29, 0.717) is 17.7 Å². The Morgan fingerprint density at radius 3 is 2.65 bits per heavy atom. The zero-order valence-electron chi connectivity index (χ0n) is 20.4. The van der Waals surface area contributed by atoms with E-state index in [2.05, 4.69) is 14.7 Å². The van der Waals surface area contributed by atoms with E-state index >= 15 is 0 Å². The molecule has 198 valence electrons. The number of aryl methyl sites for hydroxylation is 1. The quantitative estimate of drug-likeness (QED) is 0.423. The summed E-state index contributed by atoms with van der Waals surface area (Å²) in [5.74, 6) is 0.657. The summed E-state index contributed by atoms with van der Waals surface area (Å²) in [6.07, 6.45) is 0.814. The van der Waals surface area contributed by atoms with Crippen molar-refractivity contribution in [2.75, 3.05) is 26.2 Å². The van der Waals surface area contributed by atoms with Gasteiger partial charge in [-0.2, -0.15) is 18.3 Å². The van der Waals surface area contributed by atoms with Gasteiger partial charge in [0.25, 0.3) is 0 Å². The molecule has 7 nitrogen and oxygen atoms in total. The third-order valence-electron chi connectivity index (χ3n) is 7.13. The fourth-order valence-corrected chi connectivity index (χ4v) is 6.16. The minimum atomic E-state index is -4.37. The summed E-state index contributed by atoms with van der Waals surface area (Å²) in [6.45, 7) is 2.21. The molecule has 2 aliphatic rings. The highest BCUT2D eigenvalue weighted by Crippen LogP contribution is 2.42. The molecule has 1 fully saturated rings. The number of likely N-dealkylation sites (tertiary alicyclic amines) is 1. The average Bonchev–Trinajstić information content (AvgIpc) is 3.40. The van der Waals surface area contributed by atoms with E-state index in [1.807, 2.05) is 18.2 Å². The fraction of sp³-hybridized carbons (Fsp3) is 0.423. The number of hydrogen-bond donors (Lipinski definition) is 1. The number of rotatable bonds is 9. The second-order valence-corrected chi connectivity index (χ2v) is 11.4. The van der Waals surface area contributed by atoms with Gasteiger partial charge < -0.3 is 4.74 Å². The molecule has 0 saturated carbocycles. The van der Waals surface area contributed by atoms with Crippen molar-refractivity contribution in [3.05, 3.63) is 77.1 Å². The molecule has 0 amide bonds. The molecule has 5 rings (SSSR count). The zero-order valence-corrected chi connectivity index (χ0v) is 21.2. The van der Waals surface area contributed by atoms with Gasteiger partial charge in [-0.15, -0.1) is 0 Å². The topological polar surface area (TPSA) is 76.5 Å².